The fraction of sp³-hybridized carbons (Fsp3) is 0.333. The maximum absolute atomic E-state index is 6.32. The first-order valence-electron chi connectivity index (χ1n) is 8.43. The van der Waals surface area contributed by atoms with E-state index in [1.807, 2.05) is 35.1 Å². The summed E-state index contributed by atoms with van der Waals surface area (Å²) in [7, 11) is 0. The second-order valence-electron chi connectivity index (χ2n) is 6.84. The molecule has 0 radical (unpaired) electrons. The summed E-state index contributed by atoms with van der Waals surface area (Å²) in [5, 5.41) is 5.65. The Morgan fingerprint density at radius 1 is 1.15 bits per heavy atom. The maximum Gasteiger partial charge on any atom is 0.171 e. The molecule has 1 aliphatic heterocycles. The number of rotatable bonds is 3. The monoisotopic (exact) mass is 407 g/mol. The van der Waals surface area contributed by atoms with Crippen LogP contribution in [0.15, 0.2) is 46.5 Å². The van der Waals surface area contributed by atoms with Crippen LogP contribution < -0.4 is 10.6 Å². The molecule has 0 atom stereocenters. The first-order valence-corrected chi connectivity index (χ1v) is 10.0. The number of hydrogen-bond acceptors (Lipinski definition) is 5. The third-order valence-corrected chi connectivity index (χ3v) is 6.71. The van der Waals surface area contributed by atoms with Crippen LogP contribution in [-0.2, 0) is 0 Å². The van der Waals surface area contributed by atoms with Gasteiger partial charge in [-0.2, -0.15) is 9.61 Å². The smallest absolute Gasteiger partial charge is 0.171 e. The molecule has 3 heterocycles. The van der Waals surface area contributed by atoms with Crippen LogP contribution in [0.4, 0.5) is 5.82 Å². The molecule has 8 heteroatoms. The normalized spacial score (nSPS) is 17.0. The lowest BCUT2D eigenvalue weighted by Gasteiger charge is -2.37. The molecule has 3 aromatic rings. The highest BCUT2D eigenvalue weighted by atomic mass is 35.5. The Balaban J connectivity index is 1.66. The Kier molecular flexibility index (Phi) is 4.77. The van der Waals surface area contributed by atoms with Gasteiger partial charge in [0.2, 0.25) is 0 Å². The Morgan fingerprint density at radius 2 is 1.92 bits per heavy atom. The fourth-order valence-corrected chi connectivity index (χ4v) is 4.48. The molecule has 0 saturated carbocycles. The van der Waals surface area contributed by atoms with Gasteiger partial charge in [-0.3, -0.25) is 0 Å². The Bertz CT molecular complexity index is 946. The van der Waals surface area contributed by atoms with E-state index in [1.54, 1.807) is 6.07 Å². The Morgan fingerprint density at radius 3 is 2.69 bits per heavy atom. The molecule has 2 N–H and O–H groups in total. The van der Waals surface area contributed by atoms with E-state index in [0.29, 0.717) is 10.0 Å². The van der Waals surface area contributed by atoms with Crippen molar-refractivity contribution in [2.75, 3.05) is 18.0 Å². The summed E-state index contributed by atoms with van der Waals surface area (Å²) in [6.07, 6.45) is 5.56. The zero-order valence-electron chi connectivity index (χ0n) is 14.3. The van der Waals surface area contributed by atoms with Crippen molar-refractivity contribution < 1.29 is 0 Å². The van der Waals surface area contributed by atoms with Gasteiger partial charge in [-0.05, 0) is 38.0 Å². The highest BCUT2D eigenvalue weighted by molar-refractivity contribution is 7.99. The van der Waals surface area contributed by atoms with E-state index >= 15 is 0 Å². The van der Waals surface area contributed by atoms with Crippen LogP contribution in [0.2, 0.25) is 10.0 Å². The summed E-state index contributed by atoms with van der Waals surface area (Å²) in [6.45, 7) is 3.94. The zero-order chi connectivity index (χ0) is 18.3. The van der Waals surface area contributed by atoms with Crippen molar-refractivity contribution >= 4 is 46.4 Å². The molecule has 4 rings (SSSR count). The predicted molar refractivity (Wildman–Crippen MR) is 108 cm³/mol. The lowest BCUT2D eigenvalue weighted by atomic mass is 9.91. The minimum absolute atomic E-state index is 0.0862. The van der Waals surface area contributed by atoms with E-state index < -0.39 is 0 Å². The van der Waals surface area contributed by atoms with Crippen molar-refractivity contribution in [3.8, 4) is 0 Å². The lowest BCUT2D eigenvalue weighted by Crippen LogP contribution is -2.48. The van der Waals surface area contributed by atoms with Gasteiger partial charge in [0.15, 0.2) is 5.65 Å². The average Bonchev–Trinajstić information content (AvgIpc) is 3.02. The molecule has 1 aliphatic rings. The first-order chi connectivity index (χ1) is 12.4. The number of halogens is 2. The van der Waals surface area contributed by atoms with E-state index in [2.05, 4.69) is 21.9 Å². The van der Waals surface area contributed by atoms with Crippen molar-refractivity contribution in [1.29, 1.82) is 0 Å². The number of nitrogens with zero attached hydrogens (tertiary/aromatic N) is 4. The summed E-state index contributed by atoms with van der Waals surface area (Å²) >= 11 is 14.0. The second kappa shape index (κ2) is 6.93. The van der Waals surface area contributed by atoms with Crippen LogP contribution in [0, 0.1) is 0 Å². The number of aromatic nitrogens is 3. The van der Waals surface area contributed by atoms with E-state index in [1.165, 1.54) is 11.8 Å². The Hall–Kier alpha value is -1.47. The minimum Gasteiger partial charge on any atom is -0.356 e. The standard InChI is InChI=1S/C18H19Cl2N5S/c1-18(21)6-9-24(10-7-18)15-5-8-22-17-14(11-23-25(15)17)26-13-4-2-3-12(19)16(13)20/h2-5,8,11H,6-7,9-10,21H2,1H3. The van der Waals surface area contributed by atoms with Crippen molar-refractivity contribution in [2.24, 2.45) is 5.73 Å². The minimum atomic E-state index is -0.0862. The van der Waals surface area contributed by atoms with Gasteiger partial charge in [-0.25, -0.2) is 4.98 Å². The van der Waals surface area contributed by atoms with E-state index in [-0.39, 0.29) is 5.54 Å². The van der Waals surface area contributed by atoms with Gasteiger partial charge in [-0.15, -0.1) is 0 Å². The molecular formula is C18H19Cl2N5S. The zero-order valence-corrected chi connectivity index (χ0v) is 16.7. The molecule has 1 fully saturated rings. The van der Waals surface area contributed by atoms with E-state index in [4.69, 9.17) is 28.9 Å². The van der Waals surface area contributed by atoms with Crippen molar-refractivity contribution in [3.63, 3.8) is 0 Å². The van der Waals surface area contributed by atoms with Crippen LogP contribution in [0.1, 0.15) is 19.8 Å². The van der Waals surface area contributed by atoms with Gasteiger partial charge in [0.05, 0.1) is 21.1 Å². The summed E-state index contributed by atoms with van der Waals surface area (Å²) in [5.41, 5.74) is 6.98. The topological polar surface area (TPSA) is 59.5 Å². The summed E-state index contributed by atoms with van der Waals surface area (Å²) in [6, 6.07) is 7.61. The van der Waals surface area contributed by atoms with Crippen molar-refractivity contribution in [1.82, 2.24) is 14.6 Å². The molecule has 26 heavy (non-hydrogen) atoms. The van der Waals surface area contributed by atoms with Gasteiger partial charge >= 0.3 is 0 Å². The number of piperidine rings is 1. The molecule has 5 nitrogen and oxygen atoms in total. The number of nitrogens with two attached hydrogens (primary N) is 1. The Labute approximate surface area is 166 Å². The molecule has 1 aromatic carbocycles. The quantitative estimate of drug-likeness (QED) is 0.691. The van der Waals surface area contributed by atoms with Crippen molar-refractivity contribution in [2.45, 2.75) is 35.1 Å². The maximum atomic E-state index is 6.32. The molecule has 0 amide bonds. The molecule has 2 aromatic heterocycles. The van der Waals surface area contributed by atoms with Gasteiger partial charge < -0.3 is 10.6 Å². The van der Waals surface area contributed by atoms with Gasteiger partial charge in [0.25, 0.3) is 0 Å². The van der Waals surface area contributed by atoms with Crippen molar-refractivity contribution in [3.05, 3.63) is 46.7 Å². The highest BCUT2D eigenvalue weighted by Crippen LogP contribution is 2.38. The molecular weight excluding hydrogens is 389 g/mol. The SMILES string of the molecule is CC1(N)CCN(c2ccnc3c(Sc4cccc(Cl)c4Cl)cnn23)CC1. The largest absolute Gasteiger partial charge is 0.356 e. The molecule has 0 unspecified atom stereocenters. The summed E-state index contributed by atoms with van der Waals surface area (Å²) in [4.78, 5) is 8.67. The van der Waals surface area contributed by atoms with Gasteiger partial charge in [0.1, 0.15) is 5.82 Å². The highest BCUT2D eigenvalue weighted by Gasteiger charge is 2.27. The molecule has 0 bridgehead atoms. The molecule has 136 valence electrons. The third kappa shape index (κ3) is 3.39. The number of hydrogen-bond donors (Lipinski definition) is 1. The van der Waals surface area contributed by atoms with Crippen LogP contribution in [0.5, 0.6) is 0 Å². The van der Waals surface area contributed by atoms with Gasteiger partial charge in [-0.1, -0.05) is 41.0 Å². The van der Waals surface area contributed by atoms with Crippen LogP contribution >= 0.6 is 35.0 Å². The average molecular weight is 408 g/mol. The molecule has 0 spiro atoms. The van der Waals surface area contributed by atoms with Crippen LogP contribution in [0.25, 0.3) is 5.65 Å². The molecule has 0 aliphatic carbocycles. The fourth-order valence-electron chi connectivity index (χ4n) is 3.10. The lowest BCUT2D eigenvalue weighted by molar-refractivity contribution is 0.362. The van der Waals surface area contributed by atoms with E-state index in [0.717, 1.165) is 47.2 Å². The van der Waals surface area contributed by atoms with Gasteiger partial charge in [0, 0.05) is 29.7 Å². The van der Waals surface area contributed by atoms with E-state index in [9.17, 15) is 0 Å². The first kappa shape index (κ1) is 17.9. The second-order valence-corrected chi connectivity index (χ2v) is 8.71. The number of fused-ring (bicyclic) bond motifs is 1. The molecule has 1 saturated heterocycles. The van der Waals surface area contributed by atoms with Crippen LogP contribution in [-0.4, -0.2) is 33.2 Å². The van der Waals surface area contributed by atoms with Crippen LogP contribution in [0.3, 0.4) is 0 Å². The predicted octanol–water partition coefficient (Wildman–Crippen LogP) is 4.50. The summed E-state index contributed by atoms with van der Waals surface area (Å²) < 4.78 is 1.89. The number of anilines is 1. The summed E-state index contributed by atoms with van der Waals surface area (Å²) in [5.74, 6) is 1.04. The third-order valence-electron chi connectivity index (χ3n) is 4.71. The number of benzene rings is 1.